The van der Waals surface area contributed by atoms with Crippen molar-refractivity contribution in [1.82, 2.24) is 0 Å². The average Bonchev–Trinajstić information content (AvgIpc) is 2.27. The van der Waals surface area contributed by atoms with Crippen LogP contribution in [0.5, 0.6) is 5.75 Å². The van der Waals surface area contributed by atoms with E-state index in [0.717, 1.165) is 17.5 Å². The molecule has 15 heavy (non-hydrogen) atoms. The summed E-state index contributed by atoms with van der Waals surface area (Å²) in [5, 5.41) is 9.50. The second kappa shape index (κ2) is 4.82. The molecule has 0 aliphatic carbocycles. The molecule has 3 heteroatoms. The first-order valence-electron chi connectivity index (χ1n) is 4.99. The molecule has 1 aromatic rings. The summed E-state index contributed by atoms with van der Waals surface area (Å²) >= 11 is 0. The second-order valence-electron chi connectivity index (χ2n) is 3.49. The van der Waals surface area contributed by atoms with Gasteiger partial charge in [-0.05, 0) is 30.5 Å². The van der Waals surface area contributed by atoms with Gasteiger partial charge in [0, 0.05) is 0 Å². The van der Waals surface area contributed by atoms with E-state index in [2.05, 4.69) is 4.74 Å². The van der Waals surface area contributed by atoms with Crippen molar-refractivity contribution < 1.29 is 14.6 Å². The molecular weight excluding hydrogens is 192 g/mol. The number of aryl methyl sites for hydroxylation is 1. The van der Waals surface area contributed by atoms with Crippen molar-refractivity contribution in [3.05, 3.63) is 29.3 Å². The van der Waals surface area contributed by atoms with E-state index in [9.17, 15) is 9.90 Å². The fraction of sp³-hybridized carbons (Fsp3) is 0.417. The highest BCUT2D eigenvalue weighted by Gasteiger charge is 2.16. The second-order valence-corrected chi connectivity index (χ2v) is 3.49. The largest absolute Gasteiger partial charge is 0.508 e. The summed E-state index contributed by atoms with van der Waals surface area (Å²) in [6, 6.07) is 5.21. The Morgan fingerprint density at radius 3 is 2.73 bits per heavy atom. The third kappa shape index (κ3) is 2.49. The Bertz CT molecular complexity index is 358. The van der Waals surface area contributed by atoms with E-state index in [1.54, 1.807) is 19.1 Å². The van der Waals surface area contributed by atoms with E-state index in [1.807, 2.05) is 13.0 Å². The van der Waals surface area contributed by atoms with Gasteiger partial charge in [-0.3, -0.25) is 4.79 Å². The number of benzene rings is 1. The van der Waals surface area contributed by atoms with Gasteiger partial charge in [-0.2, -0.15) is 0 Å². The van der Waals surface area contributed by atoms with Crippen molar-refractivity contribution in [1.29, 1.82) is 0 Å². The molecule has 0 radical (unpaired) electrons. The first-order valence-corrected chi connectivity index (χ1v) is 4.99. The zero-order valence-electron chi connectivity index (χ0n) is 9.28. The maximum absolute atomic E-state index is 11.3. The average molecular weight is 208 g/mol. The predicted molar refractivity (Wildman–Crippen MR) is 57.9 cm³/mol. The Kier molecular flexibility index (Phi) is 3.72. The molecule has 0 aliphatic heterocycles. The summed E-state index contributed by atoms with van der Waals surface area (Å²) in [4.78, 5) is 11.3. The number of ether oxygens (including phenoxy) is 1. The Morgan fingerprint density at radius 2 is 2.20 bits per heavy atom. The number of esters is 1. The van der Waals surface area contributed by atoms with Crippen LogP contribution in [-0.4, -0.2) is 18.2 Å². The number of phenolic OH excluding ortho intramolecular Hbond substituents is 1. The van der Waals surface area contributed by atoms with Gasteiger partial charge in [0.15, 0.2) is 0 Å². The number of carbonyl (C=O) groups excluding carboxylic acids is 1. The zero-order valence-corrected chi connectivity index (χ0v) is 9.28. The first kappa shape index (κ1) is 11.6. The van der Waals surface area contributed by atoms with Crippen molar-refractivity contribution in [3.63, 3.8) is 0 Å². The van der Waals surface area contributed by atoms with Crippen LogP contribution in [0.2, 0.25) is 0 Å². The van der Waals surface area contributed by atoms with Gasteiger partial charge in [0.25, 0.3) is 0 Å². The lowest BCUT2D eigenvalue weighted by atomic mass is 9.98. The van der Waals surface area contributed by atoms with Crippen LogP contribution in [0, 0.1) is 0 Å². The van der Waals surface area contributed by atoms with Crippen LogP contribution in [0.3, 0.4) is 0 Å². The van der Waals surface area contributed by atoms with Gasteiger partial charge in [0.1, 0.15) is 5.75 Å². The van der Waals surface area contributed by atoms with Crippen LogP contribution in [0.15, 0.2) is 18.2 Å². The van der Waals surface area contributed by atoms with Crippen molar-refractivity contribution in [3.8, 4) is 5.75 Å². The van der Waals surface area contributed by atoms with Crippen LogP contribution in [0.4, 0.5) is 0 Å². The van der Waals surface area contributed by atoms with E-state index in [-0.39, 0.29) is 17.6 Å². The predicted octanol–water partition coefficient (Wildman–Crippen LogP) is 2.23. The highest BCUT2D eigenvalue weighted by molar-refractivity contribution is 5.77. The molecule has 0 fully saturated rings. The molecule has 1 aromatic carbocycles. The molecule has 0 spiro atoms. The Hall–Kier alpha value is -1.51. The highest BCUT2D eigenvalue weighted by atomic mass is 16.5. The van der Waals surface area contributed by atoms with Gasteiger partial charge < -0.3 is 9.84 Å². The van der Waals surface area contributed by atoms with Crippen LogP contribution < -0.4 is 0 Å². The van der Waals surface area contributed by atoms with Crippen molar-refractivity contribution in [2.45, 2.75) is 26.2 Å². The Balaban J connectivity index is 3.00. The molecule has 0 amide bonds. The SMILES string of the molecule is CCc1cc(C(C)C(=O)OC)ccc1O. The summed E-state index contributed by atoms with van der Waals surface area (Å²) in [5.41, 5.74) is 1.72. The standard InChI is InChI=1S/C12H16O3/c1-4-9-7-10(5-6-11(9)13)8(2)12(14)15-3/h5-8,13H,4H2,1-3H3. The number of phenols is 1. The van der Waals surface area contributed by atoms with Crippen LogP contribution in [-0.2, 0) is 16.0 Å². The van der Waals surface area contributed by atoms with Gasteiger partial charge in [-0.1, -0.05) is 19.1 Å². The molecule has 0 saturated carbocycles. The summed E-state index contributed by atoms with van der Waals surface area (Å²) < 4.78 is 4.67. The molecule has 82 valence electrons. The van der Waals surface area contributed by atoms with Gasteiger partial charge in [-0.15, -0.1) is 0 Å². The zero-order chi connectivity index (χ0) is 11.4. The molecule has 1 N–H and O–H groups in total. The van der Waals surface area contributed by atoms with Crippen LogP contribution in [0.1, 0.15) is 30.9 Å². The molecule has 0 heterocycles. The number of hydrogen-bond donors (Lipinski definition) is 1. The maximum Gasteiger partial charge on any atom is 0.312 e. The van der Waals surface area contributed by atoms with E-state index in [0.29, 0.717) is 0 Å². The van der Waals surface area contributed by atoms with E-state index >= 15 is 0 Å². The number of rotatable bonds is 3. The van der Waals surface area contributed by atoms with Gasteiger partial charge in [-0.25, -0.2) is 0 Å². The molecule has 3 nitrogen and oxygen atoms in total. The van der Waals surface area contributed by atoms with E-state index in [4.69, 9.17) is 0 Å². The van der Waals surface area contributed by atoms with Crippen LogP contribution in [0.25, 0.3) is 0 Å². The Labute approximate surface area is 89.7 Å². The summed E-state index contributed by atoms with van der Waals surface area (Å²) in [6.07, 6.45) is 0.744. The molecule has 0 bridgehead atoms. The molecular formula is C12H16O3. The maximum atomic E-state index is 11.3. The smallest absolute Gasteiger partial charge is 0.312 e. The summed E-state index contributed by atoms with van der Waals surface area (Å²) in [5.74, 6) is -0.276. The summed E-state index contributed by atoms with van der Waals surface area (Å²) in [7, 11) is 1.37. The number of aromatic hydroxyl groups is 1. The van der Waals surface area contributed by atoms with E-state index < -0.39 is 0 Å². The molecule has 1 unspecified atom stereocenters. The normalized spacial score (nSPS) is 12.2. The third-order valence-electron chi connectivity index (χ3n) is 2.54. The topological polar surface area (TPSA) is 46.5 Å². The highest BCUT2D eigenvalue weighted by Crippen LogP contribution is 2.24. The minimum atomic E-state index is -0.291. The Morgan fingerprint density at radius 1 is 1.53 bits per heavy atom. The third-order valence-corrected chi connectivity index (χ3v) is 2.54. The first-order chi connectivity index (χ1) is 7.10. The minimum Gasteiger partial charge on any atom is -0.508 e. The number of carbonyl (C=O) groups is 1. The molecule has 0 aromatic heterocycles. The lowest BCUT2D eigenvalue weighted by Crippen LogP contribution is -2.10. The quantitative estimate of drug-likeness (QED) is 0.775. The molecule has 1 rings (SSSR count). The van der Waals surface area contributed by atoms with Crippen molar-refractivity contribution >= 4 is 5.97 Å². The van der Waals surface area contributed by atoms with Gasteiger partial charge in [0.05, 0.1) is 13.0 Å². The summed E-state index contributed by atoms with van der Waals surface area (Å²) in [6.45, 7) is 3.75. The van der Waals surface area contributed by atoms with Crippen molar-refractivity contribution in [2.24, 2.45) is 0 Å². The lowest BCUT2D eigenvalue weighted by Gasteiger charge is -2.11. The molecule has 1 atom stereocenters. The minimum absolute atomic E-state index is 0.261. The fourth-order valence-electron chi connectivity index (χ4n) is 1.47. The van der Waals surface area contributed by atoms with E-state index in [1.165, 1.54) is 7.11 Å². The van der Waals surface area contributed by atoms with Crippen LogP contribution >= 0.6 is 0 Å². The fourth-order valence-corrected chi connectivity index (χ4v) is 1.47. The molecule has 0 aliphatic rings. The lowest BCUT2D eigenvalue weighted by molar-refractivity contribution is -0.141. The monoisotopic (exact) mass is 208 g/mol. The van der Waals surface area contributed by atoms with Gasteiger partial charge >= 0.3 is 5.97 Å². The number of methoxy groups -OCH3 is 1. The van der Waals surface area contributed by atoms with Gasteiger partial charge in [0.2, 0.25) is 0 Å². The van der Waals surface area contributed by atoms with Crippen molar-refractivity contribution in [2.75, 3.05) is 7.11 Å². The molecule has 0 saturated heterocycles. The number of hydrogen-bond acceptors (Lipinski definition) is 3.